The third kappa shape index (κ3) is 4.70. The van der Waals surface area contributed by atoms with Gasteiger partial charge in [0, 0.05) is 35.8 Å². The number of alkyl halides is 3. The Kier molecular flexibility index (Phi) is 7.13. The largest absolute Gasteiger partial charge is 0.416 e. The van der Waals surface area contributed by atoms with Crippen molar-refractivity contribution < 1.29 is 13.2 Å². The summed E-state index contributed by atoms with van der Waals surface area (Å²) in [6.07, 6.45) is -2.79. The lowest BCUT2D eigenvalue weighted by Crippen LogP contribution is -2.29. The highest BCUT2D eigenvalue weighted by Gasteiger charge is 2.48. The number of fused-ring (bicyclic) bond motifs is 10. The van der Waals surface area contributed by atoms with E-state index < -0.39 is 17.2 Å². The van der Waals surface area contributed by atoms with Gasteiger partial charge in [0.1, 0.15) is 0 Å². The molecule has 2 aliphatic heterocycles. The molecule has 0 radical (unpaired) electrons. The van der Waals surface area contributed by atoms with Crippen molar-refractivity contribution in [1.82, 2.24) is 0 Å². The maximum atomic E-state index is 13.7. The van der Waals surface area contributed by atoms with Gasteiger partial charge in [0.05, 0.1) is 11.0 Å². The molecule has 0 bridgehead atoms. The minimum atomic E-state index is -4.37. The summed E-state index contributed by atoms with van der Waals surface area (Å²) in [5.74, 6) is 0. The highest BCUT2D eigenvalue weighted by molar-refractivity contribution is 6.20. The first-order valence-corrected chi connectivity index (χ1v) is 19.4. The van der Waals surface area contributed by atoms with Gasteiger partial charge in [-0.25, -0.2) is 0 Å². The topological polar surface area (TPSA) is 6.48 Å². The zero-order valence-corrected chi connectivity index (χ0v) is 30.9. The summed E-state index contributed by atoms with van der Waals surface area (Å²) in [6, 6.07) is 55.4. The minimum absolute atomic E-state index is 0.562. The maximum absolute atomic E-state index is 13.7. The molecule has 3 aliphatic rings. The molecule has 0 amide bonds. The van der Waals surface area contributed by atoms with Crippen LogP contribution in [-0.2, 0) is 24.4 Å². The third-order valence-corrected chi connectivity index (χ3v) is 12.5. The van der Waals surface area contributed by atoms with E-state index in [1.54, 1.807) is 6.07 Å². The number of aryl methyl sites for hydroxylation is 1. The van der Waals surface area contributed by atoms with E-state index in [2.05, 4.69) is 156 Å². The van der Waals surface area contributed by atoms with Crippen LogP contribution in [0.2, 0.25) is 0 Å². The van der Waals surface area contributed by atoms with Gasteiger partial charge >= 0.3 is 6.18 Å². The molecule has 0 saturated heterocycles. The molecule has 8 aromatic rings. The quantitative estimate of drug-likeness (QED) is 0.166. The lowest BCUT2D eigenvalue weighted by Gasteiger charge is -2.35. The monoisotopic (exact) mass is 734 g/mol. The molecule has 0 saturated carbocycles. The standard InChI is InChI=1S/C51H37F3N2/c1-32-16-22-46-33(28-32)24-26-56(46)39-19-21-43-45(31-39)50(35-10-4-2-5-11-35,36-12-6-3-7-13-36)49-42-20-18-38(30-44(42)40-14-8-9-15-41(40)48(43)49)55-27-25-34-29-37(51(52,53)54)17-23-47(34)55/h2-23,28-31H,24-27H2,1H3. The Morgan fingerprint density at radius 2 is 1.11 bits per heavy atom. The first-order valence-electron chi connectivity index (χ1n) is 19.4. The molecule has 8 aromatic carbocycles. The van der Waals surface area contributed by atoms with Gasteiger partial charge in [-0.2, -0.15) is 13.2 Å². The number of hydrogen-bond donors (Lipinski definition) is 0. The van der Waals surface area contributed by atoms with Gasteiger partial charge in [-0.05, 0) is 134 Å². The fourth-order valence-electron chi connectivity index (χ4n) is 10.2. The Morgan fingerprint density at radius 3 is 1.79 bits per heavy atom. The molecule has 5 heteroatoms. The lowest BCUT2D eigenvalue weighted by atomic mass is 9.66. The molecule has 2 nitrogen and oxygen atoms in total. The van der Waals surface area contributed by atoms with Gasteiger partial charge in [-0.1, -0.05) is 115 Å². The molecule has 1 aliphatic carbocycles. The van der Waals surface area contributed by atoms with Crippen molar-refractivity contribution >= 4 is 44.3 Å². The molecule has 272 valence electrons. The second-order valence-corrected chi connectivity index (χ2v) is 15.5. The molecule has 0 aromatic heterocycles. The Labute approximate surface area is 324 Å². The number of rotatable bonds is 4. The van der Waals surface area contributed by atoms with Crippen LogP contribution in [0.1, 0.15) is 44.5 Å². The zero-order valence-electron chi connectivity index (χ0n) is 30.9. The van der Waals surface area contributed by atoms with Gasteiger partial charge < -0.3 is 9.80 Å². The SMILES string of the molecule is Cc1ccc2c(c1)CCN2c1ccc2c(c1)C(c1ccccc1)(c1ccccc1)c1c-2c2ccccc2c2cc(N3CCc4cc(C(F)(F)F)ccc43)ccc12. The van der Waals surface area contributed by atoms with Crippen LogP contribution < -0.4 is 9.80 Å². The molecule has 0 fully saturated rings. The average Bonchev–Trinajstić information content (AvgIpc) is 3.93. The molecule has 0 N–H and O–H groups in total. The Morgan fingerprint density at radius 1 is 0.518 bits per heavy atom. The molecular formula is C51H37F3N2. The Balaban J connectivity index is 1.20. The van der Waals surface area contributed by atoms with Crippen LogP contribution >= 0.6 is 0 Å². The van der Waals surface area contributed by atoms with Crippen LogP contribution in [0.3, 0.4) is 0 Å². The average molecular weight is 735 g/mol. The van der Waals surface area contributed by atoms with Crippen molar-refractivity contribution in [1.29, 1.82) is 0 Å². The smallest absolute Gasteiger partial charge is 0.341 e. The predicted molar refractivity (Wildman–Crippen MR) is 223 cm³/mol. The molecule has 0 unspecified atom stereocenters. The Bertz CT molecular complexity index is 2840. The van der Waals surface area contributed by atoms with Crippen molar-refractivity contribution in [2.24, 2.45) is 0 Å². The van der Waals surface area contributed by atoms with E-state index in [1.807, 2.05) is 0 Å². The van der Waals surface area contributed by atoms with Crippen molar-refractivity contribution in [3.8, 4) is 11.1 Å². The van der Waals surface area contributed by atoms with Crippen LogP contribution in [0.4, 0.5) is 35.9 Å². The van der Waals surface area contributed by atoms with Crippen molar-refractivity contribution in [2.45, 2.75) is 31.4 Å². The number of halogens is 3. The number of nitrogens with zero attached hydrogens (tertiary/aromatic N) is 2. The molecule has 0 atom stereocenters. The van der Waals surface area contributed by atoms with Gasteiger partial charge in [0.25, 0.3) is 0 Å². The molecule has 2 heterocycles. The highest BCUT2D eigenvalue weighted by Crippen LogP contribution is 2.61. The van der Waals surface area contributed by atoms with Crippen LogP contribution in [0.5, 0.6) is 0 Å². The van der Waals surface area contributed by atoms with Crippen molar-refractivity contribution in [3.05, 3.63) is 202 Å². The summed E-state index contributed by atoms with van der Waals surface area (Å²) in [6.45, 7) is 3.72. The van der Waals surface area contributed by atoms with E-state index in [4.69, 9.17) is 0 Å². The molecule has 11 rings (SSSR count). The summed E-state index contributed by atoms with van der Waals surface area (Å²) < 4.78 is 41.0. The van der Waals surface area contributed by atoms with Gasteiger partial charge in [0.15, 0.2) is 0 Å². The van der Waals surface area contributed by atoms with Gasteiger partial charge in [-0.3, -0.25) is 0 Å². The molecule has 56 heavy (non-hydrogen) atoms. The summed E-state index contributed by atoms with van der Waals surface area (Å²) >= 11 is 0. The highest BCUT2D eigenvalue weighted by atomic mass is 19.4. The first kappa shape index (κ1) is 33.0. The van der Waals surface area contributed by atoms with Gasteiger partial charge in [0.2, 0.25) is 0 Å². The minimum Gasteiger partial charge on any atom is -0.341 e. The second kappa shape index (κ2) is 12.1. The van der Waals surface area contributed by atoms with E-state index in [1.165, 1.54) is 78.8 Å². The third-order valence-electron chi connectivity index (χ3n) is 12.5. The Hall–Kier alpha value is -6.33. The van der Waals surface area contributed by atoms with E-state index in [0.29, 0.717) is 13.0 Å². The van der Waals surface area contributed by atoms with E-state index in [9.17, 15) is 13.2 Å². The van der Waals surface area contributed by atoms with Crippen LogP contribution in [-0.4, -0.2) is 13.1 Å². The van der Waals surface area contributed by atoms with Crippen molar-refractivity contribution in [2.75, 3.05) is 22.9 Å². The van der Waals surface area contributed by atoms with Crippen LogP contribution in [0, 0.1) is 6.92 Å². The predicted octanol–water partition coefficient (Wildman–Crippen LogP) is 13.1. The fraction of sp³-hybridized carbons (Fsp3) is 0.137. The summed E-state index contributed by atoms with van der Waals surface area (Å²) in [4.78, 5) is 4.65. The second-order valence-electron chi connectivity index (χ2n) is 15.5. The fourth-order valence-corrected chi connectivity index (χ4v) is 10.2. The number of hydrogen-bond acceptors (Lipinski definition) is 2. The number of anilines is 4. The summed E-state index contributed by atoms with van der Waals surface area (Å²) in [5.41, 5.74) is 13.9. The van der Waals surface area contributed by atoms with E-state index in [-0.39, 0.29) is 0 Å². The lowest BCUT2D eigenvalue weighted by molar-refractivity contribution is -0.137. The maximum Gasteiger partial charge on any atom is 0.416 e. The molecule has 0 spiro atoms. The van der Waals surface area contributed by atoms with E-state index in [0.717, 1.165) is 40.7 Å². The first-order chi connectivity index (χ1) is 27.3. The normalized spacial score (nSPS) is 15.3. The summed E-state index contributed by atoms with van der Waals surface area (Å²) in [7, 11) is 0. The van der Waals surface area contributed by atoms with Gasteiger partial charge in [-0.15, -0.1) is 0 Å². The molecular weight excluding hydrogens is 698 g/mol. The summed E-state index contributed by atoms with van der Waals surface area (Å²) in [5, 5.41) is 4.64. The van der Waals surface area contributed by atoms with Crippen LogP contribution in [0.15, 0.2) is 158 Å². The van der Waals surface area contributed by atoms with Crippen molar-refractivity contribution in [3.63, 3.8) is 0 Å². The van der Waals surface area contributed by atoms with Crippen LogP contribution in [0.25, 0.3) is 32.7 Å². The zero-order chi connectivity index (χ0) is 37.8. The number of benzene rings is 8. The van der Waals surface area contributed by atoms with E-state index >= 15 is 0 Å².